The number of aryl methyl sites for hydroxylation is 1. The summed E-state index contributed by atoms with van der Waals surface area (Å²) in [4.78, 5) is 11.3. The molecule has 0 aliphatic heterocycles. The molecule has 1 aliphatic carbocycles. The van der Waals surface area contributed by atoms with Crippen molar-refractivity contribution in [3.63, 3.8) is 0 Å². The SMILES string of the molecule is Cn1ccc(CCNCC(=O)NC2CC2)n1. The van der Waals surface area contributed by atoms with Gasteiger partial charge < -0.3 is 10.6 Å². The lowest BCUT2D eigenvalue weighted by molar-refractivity contribution is -0.120. The molecule has 0 aromatic carbocycles. The Morgan fingerprint density at radius 3 is 3.06 bits per heavy atom. The van der Waals surface area contributed by atoms with E-state index < -0.39 is 0 Å². The third-order valence-electron chi connectivity index (χ3n) is 2.55. The van der Waals surface area contributed by atoms with Gasteiger partial charge in [0, 0.05) is 32.3 Å². The van der Waals surface area contributed by atoms with Gasteiger partial charge in [-0.2, -0.15) is 5.10 Å². The van der Waals surface area contributed by atoms with Crippen LogP contribution < -0.4 is 10.6 Å². The average Bonchev–Trinajstić information content (AvgIpc) is 2.95. The normalized spacial score (nSPS) is 15.1. The molecule has 0 unspecified atom stereocenters. The highest BCUT2D eigenvalue weighted by Crippen LogP contribution is 2.18. The summed E-state index contributed by atoms with van der Waals surface area (Å²) in [5.41, 5.74) is 1.05. The third kappa shape index (κ3) is 3.66. The van der Waals surface area contributed by atoms with Gasteiger partial charge in [0.15, 0.2) is 0 Å². The van der Waals surface area contributed by atoms with Crippen LogP contribution in [-0.2, 0) is 18.3 Å². The van der Waals surface area contributed by atoms with Gasteiger partial charge in [-0.15, -0.1) is 0 Å². The van der Waals surface area contributed by atoms with Gasteiger partial charge in [-0.05, 0) is 18.9 Å². The monoisotopic (exact) mass is 222 g/mol. The lowest BCUT2D eigenvalue weighted by atomic mass is 10.3. The quantitative estimate of drug-likeness (QED) is 0.657. The van der Waals surface area contributed by atoms with Crippen LogP contribution in [0.25, 0.3) is 0 Å². The maximum atomic E-state index is 11.3. The molecule has 16 heavy (non-hydrogen) atoms. The van der Waals surface area contributed by atoms with E-state index in [-0.39, 0.29) is 5.91 Å². The molecule has 0 saturated heterocycles. The number of aromatic nitrogens is 2. The summed E-state index contributed by atoms with van der Waals surface area (Å²) in [5.74, 6) is 0.100. The number of amides is 1. The van der Waals surface area contributed by atoms with Crippen molar-refractivity contribution >= 4 is 5.91 Å². The first-order valence-corrected chi connectivity index (χ1v) is 5.72. The standard InChI is InChI=1S/C11H18N4O/c1-15-7-5-10(14-15)4-6-12-8-11(16)13-9-2-3-9/h5,7,9,12H,2-4,6,8H2,1H3,(H,13,16). The Morgan fingerprint density at radius 1 is 1.62 bits per heavy atom. The number of rotatable bonds is 6. The summed E-state index contributed by atoms with van der Waals surface area (Å²) in [6.07, 6.45) is 5.06. The molecule has 2 N–H and O–H groups in total. The van der Waals surface area contributed by atoms with Crippen molar-refractivity contribution in [1.29, 1.82) is 0 Å². The van der Waals surface area contributed by atoms with Crippen molar-refractivity contribution in [2.75, 3.05) is 13.1 Å². The number of hydrogen-bond acceptors (Lipinski definition) is 3. The van der Waals surface area contributed by atoms with Crippen LogP contribution in [0.2, 0.25) is 0 Å². The fourth-order valence-corrected chi connectivity index (χ4v) is 1.52. The summed E-state index contributed by atoms with van der Waals surface area (Å²) >= 11 is 0. The Labute approximate surface area is 95.2 Å². The van der Waals surface area contributed by atoms with E-state index in [1.165, 1.54) is 0 Å². The second kappa shape index (κ2) is 5.12. The molecule has 0 bridgehead atoms. The summed E-state index contributed by atoms with van der Waals surface area (Å²) in [7, 11) is 1.90. The fraction of sp³-hybridized carbons (Fsp3) is 0.636. The molecule has 1 aliphatic rings. The van der Waals surface area contributed by atoms with Crippen molar-refractivity contribution in [2.24, 2.45) is 7.05 Å². The Hall–Kier alpha value is -1.36. The Morgan fingerprint density at radius 2 is 2.44 bits per heavy atom. The minimum atomic E-state index is 0.100. The highest BCUT2D eigenvalue weighted by molar-refractivity contribution is 5.78. The maximum absolute atomic E-state index is 11.3. The second-order valence-corrected chi connectivity index (χ2v) is 4.25. The molecule has 1 saturated carbocycles. The highest BCUT2D eigenvalue weighted by Gasteiger charge is 2.22. The van der Waals surface area contributed by atoms with E-state index >= 15 is 0 Å². The number of nitrogens with zero attached hydrogens (tertiary/aromatic N) is 2. The molecule has 5 nitrogen and oxygen atoms in total. The van der Waals surface area contributed by atoms with Crippen LogP contribution in [0.4, 0.5) is 0 Å². The van der Waals surface area contributed by atoms with Crippen LogP contribution >= 0.6 is 0 Å². The zero-order valence-electron chi connectivity index (χ0n) is 9.57. The molecular formula is C11H18N4O. The van der Waals surface area contributed by atoms with Crippen molar-refractivity contribution < 1.29 is 4.79 Å². The zero-order valence-corrected chi connectivity index (χ0v) is 9.57. The Bertz CT molecular complexity index is 357. The molecule has 1 aromatic heterocycles. The highest BCUT2D eigenvalue weighted by atomic mass is 16.2. The van der Waals surface area contributed by atoms with Crippen molar-refractivity contribution in [1.82, 2.24) is 20.4 Å². The van der Waals surface area contributed by atoms with E-state index in [4.69, 9.17) is 0 Å². The molecule has 0 atom stereocenters. The maximum Gasteiger partial charge on any atom is 0.234 e. The van der Waals surface area contributed by atoms with Gasteiger partial charge in [0.1, 0.15) is 0 Å². The fourth-order valence-electron chi connectivity index (χ4n) is 1.52. The van der Waals surface area contributed by atoms with Crippen LogP contribution in [-0.4, -0.2) is 34.8 Å². The molecule has 1 aromatic rings. The van der Waals surface area contributed by atoms with Crippen molar-refractivity contribution in [3.05, 3.63) is 18.0 Å². The summed E-state index contributed by atoms with van der Waals surface area (Å²) < 4.78 is 1.79. The predicted octanol–water partition coefficient (Wildman–Crippen LogP) is -0.169. The largest absolute Gasteiger partial charge is 0.352 e. The van der Waals surface area contributed by atoms with Crippen LogP contribution in [0.1, 0.15) is 18.5 Å². The van der Waals surface area contributed by atoms with Crippen LogP contribution in [0.3, 0.4) is 0 Å². The van der Waals surface area contributed by atoms with Gasteiger partial charge in [0.25, 0.3) is 0 Å². The first-order chi connectivity index (χ1) is 7.74. The summed E-state index contributed by atoms with van der Waals surface area (Å²) in [6.45, 7) is 1.19. The van der Waals surface area contributed by atoms with E-state index in [1.807, 2.05) is 19.3 Å². The molecule has 0 spiro atoms. The molecule has 2 rings (SSSR count). The van der Waals surface area contributed by atoms with Gasteiger partial charge in [0.05, 0.1) is 12.2 Å². The molecule has 1 heterocycles. The van der Waals surface area contributed by atoms with Gasteiger partial charge in [-0.1, -0.05) is 0 Å². The lowest BCUT2D eigenvalue weighted by Gasteiger charge is -2.04. The summed E-state index contributed by atoms with van der Waals surface area (Å²) in [6, 6.07) is 2.44. The topological polar surface area (TPSA) is 59.0 Å². The average molecular weight is 222 g/mol. The van der Waals surface area contributed by atoms with Gasteiger partial charge >= 0.3 is 0 Å². The molecule has 1 fully saturated rings. The Balaban J connectivity index is 1.55. The molecule has 88 valence electrons. The minimum Gasteiger partial charge on any atom is -0.352 e. The van der Waals surface area contributed by atoms with Gasteiger partial charge in [-0.25, -0.2) is 0 Å². The van der Waals surface area contributed by atoms with Crippen molar-refractivity contribution in [2.45, 2.75) is 25.3 Å². The van der Waals surface area contributed by atoms with E-state index in [0.717, 1.165) is 31.5 Å². The predicted molar refractivity (Wildman–Crippen MR) is 60.9 cm³/mol. The molecule has 1 amide bonds. The van der Waals surface area contributed by atoms with Crippen LogP contribution in [0, 0.1) is 0 Å². The number of carbonyl (C=O) groups excluding carboxylic acids is 1. The van der Waals surface area contributed by atoms with Crippen LogP contribution in [0.5, 0.6) is 0 Å². The lowest BCUT2D eigenvalue weighted by Crippen LogP contribution is -2.35. The Kier molecular flexibility index (Phi) is 3.56. The van der Waals surface area contributed by atoms with Crippen molar-refractivity contribution in [3.8, 4) is 0 Å². The van der Waals surface area contributed by atoms with Crippen LogP contribution in [0.15, 0.2) is 12.3 Å². The van der Waals surface area contributed by atoms with Gasteiger partial charge in [-0.3, -0.25) is 9.48 Å². The second-order valence-electron chi connectivity index (χ2n) is 4.25. The number of carbonyl (C=O) groups is 1. The van der Waals surface area contributed by atoms with Gasteiger partial charge in [0.2, 0.25) is 5.91 Å². The molecule has 5 heteroatoms. The van der Waals surface area contributed by atoms with E-state index in [1.54, 1.807) is 4.68 Å². The number of hydrogen-bond donors (Lipinski definition) is 2. The smallest absolute Gasteiger partial charge is 0.234 e. The van der Waals surface area contributed by atoms with E-state index in [2.05, 4.69) is 15.7 Å². The third-order valence-corrected chi connectivity index (χ3v) is 2.55. The first kappa shape index (κ1) is 11.1. The summed E-state index contributed by atoms with van der Waals surface area (Å²) in [5, 5.41) is 10.3. The molecular weight excluding hydrogens is 204 g/mol. The first-order valence-electron chi connectivity index (χ1n) is 5.72. The number of nitrogens with one attached hydrogen (secondary N) is 2. The minimum absolute atomic E-state index is 0.100. The molecule has 0 radical (unpaired) electrons. The zero-order chi connectivity index (χ0) is 11.4. The van der Waals surface area contributed by atoms with E-state index in [9.17, 15) is 4.79 Å². The van der Waals surface area contributed by atoms with E-state index in [0.29, 0.717) is 12.6 Å².